The van der Waals surface area contributed by atoms with Gasteiger partial charge >= 0.3 is 6.03 Å². The molecule has 0 unspecified atom stereocenters. The lowest BCUT2D eigenvalue weighted by Gasteiger charge is -2.34. The zero-order valence-corrected chi connectivity index (χ0v) is 15.3. The highest BCUT2D eigenvalue weighted by molar-refractivity contribution is 7.07. The number of urea groups is 1. The SMILES string of the molecule is COc1ccc(OC)c(NC(=O)N2CCN(Cc3ccsc3)CC2)c1. The summed E-state index contributed by atoms with van der Waals surface area (Å²) in [5, 5.41) is 7.20. The zero-order chi connectivity index (χ0) is 17.6. The Morgan fingerprint density at radius 2 is 1.96 bits per heavy atom. The Labute approximate surface area is 152 Å². The molecule has 6 nitrogen and oxygen atoms in total. The van der Waals surface area contributed by atoms with Crippen LogP contribution < -0.4 is 14.8 Å². The van der Waals surface area contributed by atoms with Crippen LogP contribution in [0.1, 0.15) is 5.56 Å². The molecule has 1 N–H and O–H groups in total. The number of thiophene rings is 1. The number of hydrogen-bond acceptors (Lipinski definition) is 5. The van der Waals surface area contributed by atoms with Crippen molar-refractivity contribution >= 4 is 23.1 Å². The fourth-order valence-electron chi connectivity index (χ4n) is 2.86. The summed E-state index contributed by atoms with van der Waals surface area (Å²) in [6.07, 6.45) is 0. The number of rotatable bonds is 5. The third-order valence-corrected chi connectivity index (χ3v) is 5.03. The van der Waals surface area contributed by atoms with E-state index in [2.05, 4.69) is 27.0 Å². The van der Waals surface area contributed by atoms with Gasteiger partial charge in [-0.05, 0) is 34.5 Å². The average Bonchev–Trinajstić information content (AvgIpc) is 3.15. The van der Waals surface area contributed by atoms with Crippen LogP contribution in [0.5, 0.6) is 11.5 Å². The van der Waals surface area contributed by atoms with E-state index in [0.717, 1.165) is 19.6 Å². The maximum absolute atomic E-state index is 12.6. The average molecular weight is 361 g/mol. The molecule has 7 heteroatoms. The molecule has 0 atom stereocenters. The van der Waals surface area contributed by atoms with E-state index in [1.807, 2.05) is 4.90 Å². The number of amides is 2. The molecule has 0 aliphatic carbocycles. The Hall–Kier alpha value is -2.25. The second kappa shape index (κ2) is 8.22. The van der Waals surface area contributed by atoms with E-state index in [-0.39, 0.29) is 6.03 Å². The van der Waals surface area contributed by atoms with Gasteiger partial charge in [0.2, 0.25) is 0 Å². The molecule has 1 aliphatic heterocycles. The Bertz CT molecular complexity index is 698. The van der Waals surface area contributed by atoms with Crippen LogP contribution >= 0.6 is 11.3 Å². The zero-order valence-electron chi connectivity index (χ0n) is 14.5. The number of carbonyl (C=O) groups excluding carboxylic acids is 1. The summed E-state index contributed by atoms with van der Waals surface area (Å²) in [5.41, 5.74) is 1.96. The molecule has 2 amide bonds. The highest BCUT2D eigenvalue weighted by atomic mass is 32.1. The number of benzene rings is 1. The first-order valence-electron chi connectivity index (χ1n) is 8.21. The summed E-state index contributed by atoms with van der Waals surface area (Å²) in [6, 6.07) is 7.40. The van der Waals surface area contributed by atoms with E-state index in [4.69, 9.17) is 9.47 Å². The molecule has 1 aromatic heterocycles. The van der Waals surface area contributed by atoms with Crippen molar-refractivity contribution in [3.63, 3.8) is 0 Å². The van der Waals surface area contributed by atoms with E-state index < -0.39 is 0 Å². The molecule has 1 aliphatic rings. The van der Waals surface area contributed by atoms with Crippen LogP contribution in [0.3, 0.4) is 0 Å². The van der Waals surface area contributed by atoms with Gasteiger partial charge in [-0.25, -0.2) is 4.79 Å². The van der Waals surface area contributed by atoms with Crippen molar-refractivity contribution in [1.29, 1.82) is 0 Å². The van der Waals surface area contributed by atoms with Gasteiger partial charge in [0.25, 0.3) is 0 Å². The van der Waals surface area contributed by atoms with Gasteiger partial charge in [-0.3, -0.25) is 4.90 Å². The van der Waals surface area contributed by atoms with E-state index in [0.29, 0.717) is 30.3 Å². The second-order valence-corrected chi connectivity index (χ2v) is 6.67. The van der Waals surface area contributed by atoms with Gasteiger partial charge in [-0.1, -0.05) is 0 Å². The van der Waals surface area contributed by atoms with Gasteiger partial charge in [0.1, 0.15) is 11.5 Å². The summed E-state index contributed by atoms with van der Waals surface area (Å²) in [5.74, 6) is 1.29. The van der Waals surface area contributed by atoms with Crippen LogP contribution in [-0.4, -0.2) is 56.2 Å². The molecule has 1 aromatic carbocycles. The summed E-state index contributed by atoms with van der Waals surface area (Å²) in [6.45, 7) is 4.12. The lowest BCUT2D eigenvalue weighted by molar-refractivity contribution is 0.143. The van der Waals surface area contributed by atoms with Crippen LogP contribution in [0.4, 0.5) is 10.5 Å². The van der Waals surface area contributed by atoms with Gasteiger partial charge < -0.3 is 19.7 Å². The van der Waals surface area contributed by atoms with Gasteiger partial charge in [0.05, 0.1) is 19.9 Å². The highest BCUT2D eigenvalue weighted by Gasteiger charge is 2.22. The topological polar surface area (TPSA) is 54.0 Å². The van der Waals surface area contributed by atoms with Gasteiger partial charge in [-0.15, -0.1) is 0 Å². The molecule has 0 spiro atoms. The molecule has 25 heavy (non-hydrogen) atoms. The lowest BCUT2D eigenvalue weighted by atomic mass is 10.2. The third-order valence-electron chi connectivity index (χ3n) is 4.29. The second-order valence-electron chi connectivity index (χ2n) is 5.89. The number of anilines is 1. The standard InChI is InChI=1S/C18H23N3O3S/c1-23-15-3-4-17(24-2)16(11-15)19-18(22)21-8-6-20(7-9-21)12-14-5-10-25-13-14/h3-5,10-11,13H,6-9,12H2,1-2H3,(H,19,22). The molecule has 2 heterocycles. The van der Waals surface area contributed by atoms with Crippen molar-refractivity contribution in [3.8, 4) is 11.5 Å². The largest absolute Gasteiger partial charge is 0.497 e. The molecule has 0 saturated carbocycles. The Morgan fingerprint density at radius 3 is 2.60 bits per heavy atom. The number of nitrogens with zero attached hydrogens (tertiary/aromatic N) is 2. The van der Waals surface area contributed by atoms with Crippen molar-refractivity contribution < 1.29 is 14.3 Å². The summed E-state index contributed by atoms with van der Waals surface area (Å²) >= 11 is 1.72. The van der Waals surface area contributed by atoms with Gasteiger partial charge in [-0.2, -0.15) is 11.3 Å². The van der Waals surface area contributed by atoms with E-state index in [1.165, 1.54) is 5.56 Å². The fourth-order valence-corrected chi connectivity index (χ4v) is 3.52. The first-order valence-corrected chi connectivity index (χ1v) is 9.15. The predicted octanol–water partition coefficient (Wildman–Crippen LogP) is 3.12. The Kier molecular flexibility index (Phi) is 5.78. The normalized spacial score (nSPS) is 15.0. The first kappa shape index (κ1) is 17.6. The Morgan fingerprint density at radius 1 is 1.16 bits per heavy atom. The number of nitrogens with one attached hydrogen (secondary N) is 1. The smallest absolute Gasteiger partial charge is 0.322 e. The molecule has 134 valence electrons. The Balaban J connectivity index is 1.56. The lowest BCUT2D eigenvalue weighted by Crippen LogP contribution is -2.49. The molecule has 0 bridgehead atoms. The first-order chi connectivity index (χ1) is 12.2. The van der Waals surface area contributed by atoms with Crippen LogP contribution in [0.25, 0.3) is 0 Å². The van der Waals surface area contributed by atoms with Crippen LogP contribution in [0.2, 0.25) is 0 Å². The minimum atomic E-state index is -0.110. The summed E-state index contributed by atoms with van der Waals surface area (Å²) in [4.78, 5) is 16.8. The molecule has 0 radical (unpaired) electrons. The van der Waals surface area contributed by atoms with Gasteiger partial charge in [0.15, 0.2) is 0 Å². The minimum absolute atomic E-state index is 0.110. The van der Waals surface area contributed by atoms with Crippen molar-refractivity contribution in [3.05, 3.63) is 40.6 Å². The molecule has 3 rings (SSSR count). The molecule has 2 aromatic rings. The number of carbonyl (C=O) groups is 1. The fraction of sp³-hybridized carbons (Fsp3) is 0.389. The summed E-state index contributed by atoms with van der Waals surface area (Å²) < 4.78 is 10.5. The maximum atomic E-state index is 12.6. The minimum Gasteiger partial charge on any atom is -0.497 e. The van der Waals surface area contributed by atoms with Crippen molar-refractivity contribution in [2.45, 2.75) is 6.54 Å². The highest BCUT2D eigenvalue weighted by Crippen LogP contribution is 2.29. The van der Waals surface area contributed by atoms with Crippen molar-refractivity contribution in [2.24, 2.45) is 0 Å². The third kappa shape index (κ3) is 4.43. The summed E-state index contributed by atoms with van der Waals surface area (Å²) in [7, 11) is 3.18. The molecule has 1 fully saturated rings. The maximum Gasteiger partial charge on any atom is 0.322 e. The number of hydrogen-bond donors (Lipinski definition) is 1. The van der Waals surface area contributed by atoms with Crippen molar-refractivity contribution in [1.82, 2.24) is 9.80 Å². The van der Waals surface area contributed by atoms with Crippen LogP contribution in [-0.2, 0) is 6.54 Å². The van der Waals surface area contributed by atoms with E-state index >= 15 is 0 Å². The quantitative estimate of drug-likeness (QED) is 0.889. The number of methoxy groups -OCH3 is 2. The number of ether oxygens (including phenoxy) is 2. The van der Waals surface area contributed by atoms with Crippen LogP contribution in [0.15, 0.2) is 35.0 Å². The molecule has 1 saturated heterocycles. The molecular formula is C18H23N3O3S. The van der Waals surface area contributed by atoms with Gasteiger partial charge in [0, 0.05) is 38.8 Å². The molecular weight excluding hydrogens is 338 g/mol. The predicted molar refractivity (Wildman–Crippen MR) is 99.7 cm³/mol. The van der Waals surface area contributed by atoms with E-state index in [9.17, 15) is 4.79 Å². The van der Waals surface area contributed by atoms with Crippen molar-refractivity contribution in [2.75, 3.05) is 45.7 Å². The van der Waals surface area contributed by atoms with E-state index in [1.54, 1.807) is 43.8 Å². The van der Waals surface area contributed by atoms with Crippen LogP contribution in [0, 0.1) is 0 Å². The number of piperazine rings is 1. The monoisotopic (exact) mass is 361 g/mol.